The molecule has 3 aromatic carbocycles. The monoisotopic (exact) mass is 594 g/mol. The number of aromatic nitrogens is 3. The molecule has 5 heteroatoms. The first kappa shape index (κ1) is 26.7. The fourth-order valence-corrected chi connectivity index (χ4v) is 7.07. The topological polar surface area (TPSA) is 59.7 Å². The average molecular weight is 595 g/mol. The summed E-state index contributed by atoms with van der Waals surface area (Å²) in [6.45, 7) is 0.867. The molecule has 5 nitrogen and oxygen atoms in total. The maximum absolute atomic E-state index is 4.63. The van der Waals surface area contributed by atoms with Crippen LogP contribution >= 0.6 is 0 Å². The van der Waals surface area contributed by atoms with Crippen molar-refractivity contribution in [2.24, 2.45) is 4.99 Å². The Balaban J connectivity index is 1.19. The first-order chi connectivity index (χ1) is 22.8. The van der Waals surface area contributed by atoms with Crippen LogP contribution in [0.5, 0.6) is 0 Å². The van der Waals surface area contributed by atoms with E-state index in [0.717, 1.165) is 42.6 Å². The molecule has 5 heterocycles. The van der Waals surface area contributed by atoms with Gasteiger partial charge in [-0.15, -0.1) is 0 Å². The van der Waals surface area contributed by atoms with Crippen molar-refractivity contribution in [2.45, 2.75) is 19.3 Å². The molecule has 0 spiro atoms. The minimum absolute atomic E-state index is 0.867. The highest BCUT2D eigenvalue weighted by Gasteiger charge is 2.21. The summed E-state index contributed by atoms with van der Waals surface area (Å²) in [5.41, 5.74) is 13.2. The predicted octanol–water partition coefficient (Wildman–Crippen LogP) is 8.47. The Morgan fingerprint density at radius 1 is 0.739 bits per heavy atom. The lowest BCUT2D eigenvalue weighted by atomic mass is 9.98. The fraction of sp³-hybridized carbons (Fsp3) is 0.0976. The lowest BCUT2D eigenvalue weighted by Crippen LogP contribution is -2.74. The summed E-state index contributed by atoms with van der Waals surface area (Å²) in [5, 5.41) is 7.28. The van der Waals surface area contributed by atoms with Gasteiger partial charge in [0.15, 0.2) is 0 Å². The molecule has 2 N–H and O–H groups in total. The summed E-state index contributed by atoms with van der Waals surface area (Å²) in [5.74, 6) is 0. The van der Waals surface area contributed by atoms with Crippen molar-refractivity contribution >= 4 is 50.1 Å². The first-order valence-corrected chi connectivity index (χ1v) is 16.0. The molecule has 0 amide bonds. The van der Waals surface area contributed by atoms with Gasteiger partial charge in [0.25, 0.3) is 0 Å². The highest BCUT2D eigenvalue weighted by atomic mass is 15.0. The van der Waals surface area contributed by atoms with E-state index in [1.165, 1.54) is 66.2 Å². The summed E-state index contributed by atoms with van der Waals surface area (Å²) in [7, 11) is 0. The number of pyridine rings is 2. The molecule has 0 radical (unpaired) electrons. The van der Waals surface area contributed by atoms with Crippen molar-refractivity contribution < 1.29 is 5.32 Å². The van der Waals surface area contributed by atoms with E-state index < -0.39 is 0 Å². The zero-order valence-corrected chi connectivity index (χ0v) is 25.4. The molecule has 6 aromatic rings. The molecular formula is C41H32N5+. The van der Waals surface area contributed by atoms with Gasteiger partial charge in [0, 0.05) is 76.0 Å². The Kier molecular flexibility index (Phi) is 6.42. The molecule has 0 saturated carbocycles. The number of dihydropyridines is 1. The number of fused-ring (bicyclic) bond motifs is 5. The molecular weight excluding hydrogens is 562 g/mol. The third-order valence-corrected chi connectivity index (χ3v) is 9.40. The Hall–Kier alpha value is -5.65. The Morgan fingerprint density at radius 2 is 1.59 bits per heavy atom. The molecule has 3 aromatic heterocycles. The normalized spacial score (nSPS) is 16.2. The molecule has 3 aliphatic rings. The standard InChI is InChI=1S/C41H31N5/c1-2-4-34(5-3-1)46-40-25-30(33-24-39(45-26-33)28-14-19-43-20-15-28)7-10-36(40)37-11-8-32-22-29(6-9-35(32)41(37)46)31-16-21-44-38(23-31)27-12-17-42-18-13-27/h2,4-14,16-19,21-26,45H,1,3,15,20H2/p+1. The Bertz CT molecular complexity index is 2380. The molecule has 0 unspecified atom stereocenters. The molecule has 0 fully saturated rings. The Morgan fingerprint density at radius 3 is 2.46 bits per heavy atom. The second-order valence-corrected chi connectivity index (χ2v) is 12.1. The zero-order valence-electron chi connectivity index (χ0n) is 25.4. The first-order valence-electron chi connectivity index (χ1n) is 16.0. The molecule has 2 aliphatic heterocycles. The average Bonchev–Trinajstić information content (AvgIpc) is 3.76. The highest BCUT2D eigenvalue weighted by Crippen LogP contribution is 2.40. The minimum Gasteiger partial charge on any atom is -0.309 e. The van der Waals surface area contributed by atoms with E-state index in [4.69, 9.17) is 0 Å². The van der Waals surface area contributed by atoms with Gasteiger partial charge < -0.3 is 4.57 Å². The van der Waals surface area contributed by atoms with Crippen molar-refractivity contribution in [3.63, 3.8) is 0 Å². The molecule has 0 atom stereocenters. The zero-order chi connectivity index (χ0) is 30.5. The lowest BCUT2D eigenvalue weighted by molar-refractivity contribution is -0.526. The van der Waals surface area contributed by atoms with Crippen molar-refractivity contribution in [3.05, 3.63) is 145 Å². The third-order valence-electron chi connectivity index (χ3n) is 9.40. The van der Waals surface area contributed by atoms with E-state index in [-0.39, 0.29) is 0 Å². The van der Waals surface area contributed by atoms with Crippen LogP contribution in [0.3, 0.4) is 0 Å². The smallest absolute Gasteiger partial charge is 0.138 e. The maximum Gasteiger partial charge on any atom is 0.138 e. The van der Waals surface area contributed by atoms with Gasteiger partial charge in [-0.2, -0.15) is 0 Å². The van der Waals surface area contributed by atoms with E-state index in [2.05, 4.69) is 122 Å². The SMILES string of the molecule is C1=CC(n2c3cc(C4=C[NH2+]C(C5=CC=NCC5)=C4)ccc3c3ccc4cc(-c5ccnc(-c6ccncc6)c5)ccc4c32)=CCC1. The van der Waals surface area contributed by atoms with Gasteiger partial charge in [0.1, 0.15) is 11.9 Å². The van der Waals surface area contributed by atoms with Gasteiger partial charge in [0.05, 0.1) is 16.7 Å². The molecule has 1 aliphatic carbocycles. The van der Waals surface area contributed by atoms with E-state index in [9.17, 15) is 0 Å². The Labute approximate surface area is 267 Å². The predicted molar refractivity (Wildman–Crippen MR) is 190 cm³/mol. The van der Waals surface area contributed by atoms with Crippen LogP contribution in [0.2, 0.25) is 0 Å². The number of allylic oxidation sites excluding steroid dienone is 8. The lowest BCUT2D eigenvalue weighted by Gasteiger charge is -2.14. The van der Waals surface area contributed by atoms with Gasteiger partial charge >= 0.3 is 0 Å². The van der Waals surface area contributed by atoms with Crippen LogP contribution < -0.4 is 5.32 Å². The quantitative estimate of drug-likeness (QED) is 0.218. The van der Waals surface area contributed by atoms with Crippen LogP contribution in [0.15, 0.2) is 144 Å². The van der Waals surface area contributed by atoms with Gasteiger partial charge in [-0.25, -0.2) is 0 Å². The molecule has 9 rings (SSSR count). The van der Waals surface area contributed by atoms with E-state index >= 15 is 0 Å². The number of nitrogens with zero attached hydrogens (tertiary/aromatic N) is 4. The van der Waals surface area contributed by atoms with Crippen molar-refractivity contribution in [3.8, 4) is 22.4 Å². The summed E-state index contributed by atoms with van der Waals surface area (Å²) in [6, 6.07) is 26.7. The van der Waals surface area contributed by atoms with Gasteiger partial charge in [-0.3, -0.25) is 20.3 Å². The van der Waals surface area contributed by atoms with Gasteiger partial charge in [-0.1, -0.05) is 48.6 Å². The summed E-state index contributed by atoms with van der Waals surface area (Å²) in [4.78, 5) is 13.2. The number of hydrogen-bond donors (Lipinski definition) is 1. The molecule has 220 valence electrons. The third kappa shape index (κ3) is 4.56. The summed E-state index contributed by atoms with van der Waals surface area (Å²) in [6.07, 6.45) is 24.3. The number of quaternary nitrogens is 1. The van der Waals surface area contributed by atoms with Gasteiger partial charge in [0.2, 0.25) is 0 Å². The number of hydrogen-bond acceptors (Lipinski definition) is 3. The summed E-state index contributed by atoms with van der Waals surface area (Å²) >= 11 is 0. The number of rotatable bonds is 5. The van der Waals surface area contributed by atoms with Crippen LogP contribution in [-0.4, -0.2) is 27.3 Å². The second-order valence-electron chi connectivity index (χ2n) is 12.1. The van der Waals surface area contributed by atoms with E-state index in [1.807, 2.05) is 36.9 Å². The number of nitrogens with two attached hydrogens (primary N) is 1. The van der Waals surface area contributed by atoms with Crippen molar-refractivity contribution in [2.75, 3.05) is 6.54 Å². The van der Waals surface area contributed by atoms with Crippen molar-refractivity contribution in [1.82, 2.24) is 14.5 Å². The number of benzene rings is 3. The second kappa shape index (κ2) is 11.1. The van der Waals surface area contributed by atoms with Crippen LogP contribution in [-0.2, 0) is 0 Å². The fourth-order valence-electron chi connectivity index (χ4n) is 7.07. The largest absolute Gasteiger partial charge is 0.309 e. The van der Waals surface area contributed by atoms with Crippen LogP contribution in [0.4, 0.5) is 0 Å². The number of aliphatic imine (C=N–C) groups is 1. The highest BCUT2D eigenvalue weighted by molar-refractivity contribution is 6.20. The maximum atomic E-state index is 4.63. The van der Waals surface area contributed by atoms with Crippen LogP contribution in [0.25, 0.3) is 66.2 Å². The van der Waals surface area contributed by atoms with E-state index in [1.54, 1.807) is 0 Å². The van der Waals surface area contributed by atoms with Crippen LogP contribution in [0.1, 0.15) is 24.8 Å². The molecule has 46 heavy (non-hydrogen) atoms. The molecule has 0 bridgehead atoms. The van der Waals surface area contributed by atoms with Gasteiger partial charge in [-0.05, 0) is 89.9 Å². The molecule has 0 saturated heterocycles. The summed E-state index contributed by atoms with van der Waals surface area (Å²) < 4.78 is 2.49. The van der Waals surface area contributed by atoms with Crippen molar-refractivity contribution in [1.29, 1.82) is 0 Å². The van der Waals surface area contributed by atoms with Crippen LogP contribution in [0, 0.1) is 0 Å². The minimum atomic E-state index is 0.867. The van der Waals surface area contributed by atoms with E-state index in [0.29, 0.717) is 0 Å².